The first-order chi connectivity index (χ1) is 5.74. The Bertz CT molecular complexity index is 247. The molecular weight excluding hydrogens is 155 g/mol. The van der Waals surface area contributed by atoms with Crippen LogP contribution in [0.5, 0.6) is 0 Å². The Morgan fingerprint density at radius 1 is 1.50 bits per heavy atom. The number of rotatable bonds is 3. The first kappa shape index (κ1) is 9.20. The molecule has 0 fully saturated rings. The third kappa shape index (κ3) is 2.31. The molecule has 1 rings (SSSR count). The second kappa shape index (κ2) is 4.21. The molecule has 1 aromatic carbocycles. The molecule has 0 aliphatic rings. The Kier molecular flexibility index (Phi) is 3.23. The third-order valence-corrected chi connectivity index (χ3v) is 1.81. The SMILES string of the molecule is Cc1cccc(C(O)CCF)c1. The van der Waals surface area contributed by atoms with Gasteiger partial charge in [0.05, 0.1) is 12.8 Å². The Hall–Kier alpha value is -0.890. The van der Waals surface area contributed by atoms with Gasteiger partial charge in [0.15, 0.2) is 0 Å². The highest BCUT2D eigenvalue weighted by Gasteiger charge is 2.05. The predicted octanol–water partition coefficient (Wildman–Crippen LogP) is 2.39. The molecule has 1 atom stereocenters. The summed E-state index contributed by atoms with van der Waals surface area (Å²) >= 11 is 0. The standard InChI is InChI=1S/C10H13FO/c1-8-3-2-4-9(7-8)10(12)5-6-11/h2-4,7,10,12H,5-6H2,1H3. The van der Waals surface area contributed by atoms with E-state index in [1.165, 1.54) is 0 Å². The normalized spacial score (nSPS) is 12.9. The Balaban J connectivity index is 2.73. The van der Waals surface area contributed by atoms with E-state index in [2.05, 4.69) is 0 Å². The lowest BCUT2D eigenvalue weighted by Gasteiger charge is -2.08. The molecule has 0 aliphatic heterocycles. The van der Waals surface area contributed by atoms with Gasteiger partial charge in [0, 0.05) is 6.42 Å². The van der Waals surface area contributed by atoms with Crippen molar-refractivity contribution >= 4 is 0 Å². The van der Waals surface area contributed by atoms with Gasteiger partial charge in [0.2, 0.25) is 0 Å². The number of hydrogen-bond acceptors (Lipinski definition) is 1. The molecule has 0 spiro atoms. The smallest absolute Gasteiger partial charge is 0.0922 e. The molecule has 0 bridgehead atoms. The van der Waals surface area contributed by atoms with E-state index >= 15 is 0 Å². The summed E-state index contributed by atoms with van der Waals surface area (Å²) in [6.07, 6.45) is -0.474. The molecule has 1 nitrogen and oxygen atoms in total. The fraction of sp³-hybridized carbons (Fsp3) is 0.400. The first-order valence-corrected chi connectivity index (χ1v) is 4.04. The average molecular weight is 168 g/mol. The summed E-state index contributed by atoms with van der Waals surface area (Å²) in [6, 6.07) is 7.51. The lowest BCUT2D eigenvalue weighted by Crippen LogP contribution is -1.98. The van der Waals surface area contributed by atoms with Crippen LogP contribution in [0.1, 0.15) is 23.7 Å². The van der Waals surface area contributed by atoms with Gasteiger partial charge in [0.25, 0.3) is 0 Å². The lowest BCUT2D eigenvalue weighted by atomic mass is 10.1. The fourth-order valence-electron chi connectivity index (χ4n) is 1.15. The van der Waals surface area contributed by atoms with E-state index in [4.69, 9.17) is 0 Å². The van der Waals surface area contributed by atoms with Gasteiger partial charge >= 0.3 is 0 Å². The monoisotopic (exact) mass is 168 g/mol. The number of aliphatic hydroxyl groups excluding tert-OH is 1. The number of halogens is 1. The summed E-state index contributed by atoms with van der Waals surface area (Å²) in [7, 11) is 0. The summed E-state index contributed by atoms with van der Waals surface area (Å²) in [4.78, 5) is 0. The minimum atomic E-state index is -0.658. The van der Waals surface area contributed by atoms with Gasteiger partial charge in [-0.3, -0.25) is 4.39 Å². The number of aryl methyl sites for hydroxylation is 1. The van der Waals surface area contributed by atoms with Crippen molar-refractivity contribution in [3.63, 3.8) is 0 Å². The van der Waals surface area contributed by atoms with E-state index in [1.807, 2.05) is 31.2 Å². The predicted molar refractivity (Wildman–Crippen MR) is 46.7 cm³/mol. The van der Waals surface area contributed by atoms with Crippen LogP contribution >= 0.6 is 0 Å². The third-order valence-electron chi connectivity index (χ3n) is 1.81. The Morgan fingerprint density at radius 3 is 2.83 bits per heavy atom. The zero-order valence-electron chi connectivity index (χ0n) is 7.13. The van der Waals surface area contributed by atoms with E-state index in [9.17, 15) is 9.50 Å². The molecule has 1 N–H and O–H groups in total. The highest BCUT2D eigenvalue weighted by molar-refractivity contribution is 5.23. The van der Waals surface area contributed by atoms with Crippen LogP contribution in [0.4, 0.5) is 4.39 Å². The zero-order valence-corrected chi connectivity index (χ0v) is 7.13. The van der Waals surface area contributed by atoms with E-state index in [1.54, 1.807) is 0 Å². The van der Waals surface area contributed by atoms with Gasteiger partial charge in [-0.25, -0.2) is 0 Å². The summed E-state index contributed by atoms with van der Waals surface area (Å²) in [5.41, 5.74) is 1.89. The Morgan fingerprint density at radius 2 is 2.25 bits per heavy atom. The van der Waals surface area contributed by atoms with Crippen molar-refractivity contribution < 1.29 is 9.50 Å². The molecule has 0 radical (unpaired) electrons. The van der Waals surface area contributed by atoms with Gasteiger partial charge in [-0.15, -0.1) is 0 Å². The number of hydrogen-bond donors (Lipinski definition) is 1. The molecule has 1 aromatic rings. The summed E-state index contributed by atoms with van der Waals surface area (Å²) < 4.78 is 11.9. The number of benzene rings is 1. The second-order valence-electron chi connectivity index (χ2n) is 2.91. The number of aliphatic hydroxyl groups is 1. The van der Waals surface area contributed by atoms with Gasteiger partial charge in [-0.05, 0) is 12.5 Å². The van der Waals surface area contributed by atoms with Crippen molar-refractivity contribution in [2.45, 2.75) is 19.4 Å². The summed E-state index contributed by atoms with van der Waals surface area (Å²) in [5, 5.41) is 9.40. The summed E-state index contributed by atoms with van der Waals surface area (Å²) in [5.74, 6) is 0. The molecule has 0 saturated heterocycles. The van der Waals surface area contributed by atoms with Crippen LogP contribution in [0.2, 0.25) is 0 Å². The lowest BCUT2D eigenvalue weighted by molar-refractivity contribution is 0.156. The molecule has 0 aromatic heterocycles. The van der Waals surface area contributed by atoms with Crippen LogP contribution < -0.4 is 0 Å². The molecule has 66 valence electrons. The van der Waals surface area contributed by atoms with Gasteiger partial charge in [0.1, 0.15) is 0 Å². The van der Waals surface area contributed by atoms with Crippen molar-refractivity contribution in [3.05, 3.63) is 35.4 Å². The molecule has 1 unspecified atom stereocenters. The largest absolute Gasteiger partial charge is 0.388 e. The minimum absolute atomic E-state index is 0.184. The second-order valence-corrected chi connectivity index (χ2v) is 2.91. The van der Waals surface area contributed by atoms with Crippen molar-refractivity contribution in [2.75, 3.05) is 6.67 Å². The van der Waals surface area contributed by atoms with Crippen molar-refractivity contribution in [2.24, 2.45) is 0 Å². The topological polar surface area (TPSA) is 20.2 Å². The molecule has 12 heavy (non-hydrogen) atoms. The first-order valence-electron chi connectivity index (χ1n) is 4.04. The van der Waals surface area contributed by atoms with Gasteiger partial charge in [-0.1, -0.05) is 29.8 Å². The van der Waals surface area contributed by atoms with E-state index in [-0.39, 0.29) is 6.42 Å². The fourth-order valence-corrected chi connectivity index (χ4v) is 1.15. The highest BCUT2D eigenvalue weighted by Crippen LogP contribution is 2.17. The molecule has 0 aliphatic carbocycles. The zero-order chi connectivity index (χ0) is 8.97. The quantitative estimate of drug-likeness (QED) is 0.734. The maximum atomic E-state index is 11.9. The maximum Gasteiger partial charge on any atom is 0.0922 e. The molecule has 0 saturated carbocycles. The maximum absolute atomic E-state index is 11.9. The van der Waals surface area contributed by atoms with E-state index in [0.717, 1.165) is 11.1 Å². The van der Waals surface area contributed by atoms with Crippen LogP contribution in [0.15, 0.2) is 24.3 Å². The van der Waals surface area contributed by atoms with Crippen molar-refractivity contribution in [1.82, 2.24) is 0 Å². The van der Waals surface area contributed by atoms with Crippen molar-refractivity contribution in [3.8, 4) is 0 Å². The Labute approximate surface area is 71.9 Å². The van der Waals surface area contributed by atoms with Crippen LogP contribution in [0, 0.1) is 6.92 Å². The van der Waals surface area contributed by atoms with Crippen LogP contribution in [-0.4, -0.2) is 11.8 Å². The van der Waals surface area contributed by atoms with Crippen LogP contribution in [0.25, 0.3) is 0 Å². The molecular formula is C10H13FO. The molecule has 0 amide bonds. The molecule has 0 heterocycles. The average Bonchev–Trinajstić information content (AvgIpc) is 2.05. The summed E-state index contributed by atoms with van der Waals surface area (Å²) in [6.45, 7) is 1.47. The highest BCUT2D eigenvalue weighted by atomic mass is 19.1. The van der Waals surface area contributed by atoms with Crippen LogP contribution in [0.3, 0.4) is 0 Å². The van der Waals surface area contributed by atoms with E-state index in [0.29, 0.717) is 0 Å². The van der Waals surface area contributed by atoms with Gasteiger partial charge in [-0.2, -0.15) is 0 Å². The molecule has 2 heteroatoms. The number of alkyl halides is 1. The van der Waals surface area contributed by atoms with Crippen molar-refractivity contribution in [1.29, 1.82) is 0 Å². The van der Waals surface area contributed by atoms with Crippen LogP contribution in [-0.2, 0) is 0 Å². The minimum Gasteiger partial charge on any atom is -0.388 e. The van der Waals surface area contributed by atoms with Gasteiger partial charge < -0.3 is 5.11 Å². The van der Waals surface area contributed by atoms with E-state index < -0.39 is 12.8 Å².